The van der Waals surface area contributed by atoms with E-state index in [0.717, 1.165) is 31.1 Å². The molecule has 9 nitrogen and oxygen atoms in total. The van der Waals surface area contributed by atoms with Crippen LogP contribution in [0.15, 0.2) is 42.6 Å². The molecule has 0 radical (unpaired) electrons. The summed E-state index contributed by atoms with van der Waals surface area (Å²) >= 11 is 0. The number of rotatable bonds is 4. The van der Waals surface area contributed by atoms with Crippen LogP contribution in [0, 0.1) is 11.8 Å². The van der Waals surface area contributed by atoms with Crippen LogP contribution in [0.25, 0.3) is 11.3 Å². The molecule has 3 aromatic rings. The Morgan fingerprint density at radius 2 is 2.06 bits per heavy atom. The maximum absolute atomic E-state index is 10.2. The Morgan fingerprint density at radius 3 is 2.84 bits per heavy atom. The molecule has 1 fully saturated rings. The lowest BCUT2D eigenvalue weighted by Crippen LogP contribution is -2.52. The molecule has 3 heterocycles. The van der Waals surface area contributed by atoms with Crippen LogP contribution in [0.1, 0.15) is 12.7 Å². The van der Waals surface area contributed by atoms with Gasteiger partial charge in [-0.1, -0.05) is 18.1 Å². The fraction of sp³-hybridized carbons (Fsp3) is 0.304. The molecular formula is C23H26N8O. The number of hydrogen-bond acceptors (Lipinski definition) is 9. The molecule has 0 spiro atoms. The smallest absolute Gasteiger partial charge is 0.206 e. The fourth-order valence-corrected chi connectivity index (χ4v) is 3.76. The Balaban J connectivity index is 1.53. The normalized spacial score (nSPS) is 15.9. The number of aromatic hydroxyl groups is 1. The van der Waals surface area contributed by atoms with E-state index in [-0.39, 0.29) is 11.8 Å². The van der Waals surface area contributed by atoms with Crippen LogP contribution < -0.4 is 20.9 Å². The summed E-state index contributed by atoms with van der Waals surface area (Å²) < 4.78 is 0. The molecule has 0 saturated carbocycles. The number of para-hydroxylation sites is 1. The third-order valence-corrected chi connectivity index (χ3v) is 5.35. The van der Waals surface area contributed by atoms with Crippen molar-refractivity contribution in [3.63, 3.8) is 0 Å². The summed E-state index contributed by atoms with van der Waals surface area (Å²) in [6.07, 6.45) is 1.74. The minimum absolute atomic E-state index is 0.154. The predicted octanol–water partition coefficient (Wildman–Crippen LogP) is 1.51. The van der Waals surface area contributed by atoms with Gasteiger partial charge in [0.1, 0.15) is 11.6 Å². The Labute approximate surface area is 187 Å². The number of hydrogen-bond donors (Lipinski definition) is 3. The average molecular weight is 431 g/mol. The van der Waals surface area contributed by atoms with Gasteiger partial charge in [-0.3, -0.25) is 0 Å². The minimum Gasteiger partial charge on any atom is -0.507 e. The topological polar surface area (TPSA) is 116 Å². The summed E-state index contributed by atoms with van der Waals surface area (Å²) in [7, 11) is 1.85. The largest absolute Gasteiger partial charge is 0.507 e. The van der Waals surface area contributed by atoms with Crippen molar-refractivity contribution in [1.82, 2.24) is 25.5 Å². The van der Waals surface area contributed by atoms with Crippen LogP contribution in [0.5, 0.6) is 5.75 Å². The van der Waals surface area contributed by atoms with E-state index in [2.05, 4.69) is 54.0 Å². The van der Waals surface area contributed by atoms with E-state index in [9.17, 15) is 5.11 Å². The summed E-state index contributed by atoms with van der Waals surface area (Å²) in [6.45, 7) is 4.99. The number of benzene rings is 1. The van der Waals surface area contributed by atoms with Gasteiger partial charge in [-0.2, -0.15) is 0 Å². The molecule has 1 unspecified atom stereocenters. The molecule has 2 aromatic heterocycles. The van der Waals surface area contributed by atoms with Crippen molar-refractivity contribution in [3.8, 4) is 28.8 Å². The quantitative estimate of drug-likeness (QED) is 0.530. The molecule has 0 bridgehead atoms. The monoisotopic (exact) mass is 430 g/mol. The van der Waals surface area contributed by atoms with Gasteiger partial charge in [0, 0.05) is 37.4 Å². The maximum Gasteiger partial charge on any atom is 0.206 e. The van der Waals surface area contributed by atoms with Crippen molar-refractivity contribution in [2.24, 2.45) is 0 Å². The Kier molecular flexibility index (Phi) is 6.33. The molecule has 0 aliphatic carbocycles. The SMILES string of the molecule is CNCC#Cc1nccc(N2CCN(c3cc(-c4ccccc4O)nnc3N)C(C)C2)n1. The van der Waals surface area contributed by atoms with E-state index in [1.807, 2.05) is 31.3 Å². The Morgan fingerprint density at radius 1 is 1.22 bits per heavy atom. The van der Waals surface area contributed by atoms with Gasteiger partial charge in [-0.05, 0) is 44.2 Å². The number of aromatic nitrogens is 4. The molecule has 4 rings (SSSR count). The molecule has 1 aliphatic rings. The average Bonchev–Trinajstić information content (AvgIpc) is 2.80. The van der Waals surface area contributed by atoms with E-state index < -0.39 is 0 Å². The first-order valence-electron chi connectivity index (χ1n) is 10.5. The first-order chi connectivity index (χ1) is 15.6. The zero-order valence-corrected chi connectivity index (χ0v) is 18.2. The van der Waals surface area contributed by atoms with Crippen molar-refractivity contribution in [2.45, 2.75) is 13.0 Å². The van der Waals surface area contributed by atoms with Crippen molar-refractivity contribution in [3.05, 3.63) is 48.4 Å². The van der Waals surface area contributed by atoms with Gasteiger partial charge in [0.25, 0.3) is 0 Å². The Hall–Kier alpha value is -3.90. The van der Waals surface area contributed by atoms with E-state index in [1.54, 1.807) is 18.3 Å². The van der Waals surface area contributed by atoms with Crippen LogP contribution in [-0.2, 0) is 0 Å². The van der Waals surface area contributed by atoms with Crippen molar-refractivity contribution >= 4 is 17.3 Å². The van der Waals surface area contributed by atoms with Crippen molar-refractivity contribution in [2.75, 3.05) is 48.8 Å². The molecule has 0 amide bonds. The second-order valence-electron chi connectivity index (χ2n) is 7.58. The molecule has 1 atom stereocenters. The third-order valence-electron chi connectivity index (χ3n) is 5.35. The van der Waals surface area contributed by atoms with E-state index in [0.29, 0.717) is 29.4 Å². The van der Waals surface area contributed by atoms with Gasteiger partial charge < -0.3 is 26.0 Å². The number of phenols is 1. The second kappa shape index (κ2) is 9.49. The van der Waals surface area contributed by atoms with Gasteiger partial charge in [0.05, 0.1) is 17.9 Å². The van der Waals surface area contributed by atoms with Crippen LogP contribution in [-0.4, -0.2) is 64.5 Å². The highest BCUT2D eigenvalue weighted by Crippen LogP contribution is 2.33. The number of phenolic OH excluding ortho intramolecular Hbond substituents is 1. The van der Waals surface area contributed by atoms with Gasteiger partial charge in [0.15, 0.2) is 5.82 Å². The summed E-state index contributed by atoms with van der Waals surface area (Å²) in [5.41, 5.74) is 8.21. The van der Waals surface area contributed by atoms with Crippen molar-refractivity contribution in [1.29, 1.82) is 0 Å². The lowest BCUT2D eigenvalue weighted by molar-refractivity contribution is 0.477. The van der Waals surface area contributed by atoms with Crippen LogP contribution in [0.3, 0.4) is 0 Å². The summed E-state index contributed by atoms with van der Waals surface area (Å²) in [5, 5.41) is 21.5. The number of nitrogens with two attached hydrogens (primary N) is 1. The minimum atomic E-state index is 0.154. The molecule has 1 aromatic carbocycles. The number of nitrogens with one attached hydrogen (secondary N) is 1. The fourth-order valence-electron chi connectivity index (χ4n) is 3.76. The highest BCUT2D eigenvalue weighted by molar-refractivity contribution is 5.74. The summed E-state index contributed by atoms with van der Waals surface area (Å²) in [5.74, 6) is 7.87. The van der Waals surface area contributed by atoms with Gasteiger partial charge in [-0.25, -0.2) is 9.97 Å². The van der Waals surface area contributed by atoms with E-state index in [1.165, 1.54) is 0 Å². The number of piperazine rings is 1. The molecular weight excluding hydrogens is 404 g/mol. The predicted molar refractivity (Wildman–Crippen MR) is 125 cm³/mol. The Bertz CT molecular complexity index is 1160. The highest BCUT2D eigenvalue weighted by atomic mass is 16.3. The first-order valence-corrected chi connectivity index (χ1v) is 10.5. The number of anilines is 3. The summed E-state index contributed by atoms with van der Waals surface area (Å²) in [4.78, 5) is 13.3. The first kappa shape index (κ1) is 21.3. The maximum atomic E-state index is 10.2. The molecule has 32 heavy (non-hydrogen) atoms. The highest BCUT2D eigenvalue weighted by Gasteiger charge is 2.27. The zero-order chi connectivity index (χ0) is 22.5. The standard InChI is InChI=1S/C23H26N8O/c1-16-15-30(22-9-11-26-21(27-22)8-5-10-25-2)12-13-31(16)19-14-18(28-29-23(19)24)17-6-3-4-7-20(17)32/h3-4,6-7,9,11,14,16,25,32H,10,12-13,15H2,1-2H3,(H2,24,29). The van der Waals surface area contributed by atoms with Gasteiger partial charge in [0.2, 0.25) is 5.82 Å². The lowest BCUT2D eigenvalue weighted by atomic mass is 10.1. The molecule has 1 saturated heterocycles. The molecule has 9 heteroatoms. The van der Waals surface area contributed by atoms with Crippen LogP contribution in [0.2, 0.25) is 0 Å². The molecule has 4 N–H and O–H groups in total. The van der Waals surface area contributed by atoms with Crippen LogP contribution in [0.4, 0.5) is 17.3 Å². The second-order valence-corrected chi connectivity index (χ2v) is 7.58. The van der Waals surface area contributed by atoms with Crippen LogP contribution >= 0.6 is 0 Å². The van der Waals surface area contributed by atoms with Gasteiger partial charge >= 0.3 is 0 Å². The van der Waals surface area contributed by atoms with E-state index in [4.69, 9.17) is 5.73 Å². The van der Waals surface area contributed by atoms with Gasteiger partial charge in [-0.15, -0.1) is 10.2 Å². The summed E-state index contributed by atoms with van der Waals surface area (Å²) in [6, 6.07) is 11.0. The van der Waals surface area contributed by atoms with E-state index >= 15 is 0 Å². The zero-order valence-electron chi connectivity index (χ0n) is 18.2. The number of nitrogens with zero attached hydrogens (tertiary/aromatic N) is 6. The lowest BCUT2D eigenvalue weighted by Gasteiger charge is -2.41. The van der Waals surface area contributed by atoms with Crippen molar-refractivity contribution < 1.29 is 5.11 Å². The molecule has 1 aliphatic heterocycles. The number of nitrogen functional groups attached to an aromatic ring is 1. The third kappa shape index (κ3) is 4.55. The molecule has 164 valence electrons.